The molecule has 2 N–H and O–H groups in total. The maximum Gasteiger partial charge on any atom is 0.172 e. The van der Waals surface area contributed by atoms with Crippen LogP contribution < -0.4 is 10.6 Å². The second-order valence-electron chi connectivity index (χ2n) is 5.58. The van der Waals surface area contributed by atoms with Crippen molar-refractivity contribution >= 4 is 23.1 Å². The molecule has 2 rings (SSSR count). The minimum atomic E-state index is 0.199. The van der Waals surface area contributed by atoms with Gasteiger partial charge in [-0.25, -0.2) is 4.98 Å². The molecule has 3 nitrogen and oxygen atoms in total. The normalized spacial score (nSPS) is 11.8. The van der Waals surface area contributed by atoms with Gasteiger partial charge in [0.25, 0.3) is 0 Å². The van der Waals surface area contributed by atoms with E-state index in [2.05, 4.69) is 54.6 Å². The summed E-state index contributed by atoms with van der Waals surface area (Å²) < 4.78 is 0. The Bertz CT molecular complexity index is 667. The first-order valence-electron chi connectivity index (χ1n) is 7.58. The van der Waals surface area contributed by atoms with Crippen LogP contribution in [0.1, 0.15) is 41.8 Å². The fourth-order valence-corrected chi connectivity index (χ4v) is 2.79. The number of nitrogens with one attached hydrogen (secondary N) is 2. The molecule has 1 aromatic heterocycles. The second kappa shape index (κ2) is 7.36. The van der Waals surface area contributed by atoms with Gasteiger partial charge < -0.3 is 10.6 Å². The molecular weight excluding hydrogens is 290 g/mol. The molecule has 1 atom stereocenters. The number of aryl methyl sites for hydroxylation is 3. The molecule has 0 saturated carbocycles. The van der Waals surface area contributed by atoms with Gasteiger partial charge in [-0.15, -0.1) is 0 Å². The Morgan fingerprint density at radius 3 is 2.59 bits per heavy atom. The first-order chi connectivity index (χ1) is 10.5. The average Bonchev–Trinajstić information content (AvgIpc) is 2.45. The number of aromatic nitrogens is 1. The molecule has 1 heterocycles. The van der Waals surface area contributed by atoms with Crippen LogP contribution in [0.4, 0.5) is 5.82 Å². The number of nitrogens with zero attached hydrogens (tertiary/aromatic N) is 1. The molecule has 0 saturated heterocycles. The van der Waals surface area contributed by atoms with Gasteiger partial charge in [-0.2, -0.15) is 0 Å². The van der Waals surface area contributed by atoms with Gasteiger partial charge in [0.05, 0.1) is 6.04 Å². The van der Waals surface area contributed by atoms with Crippen molar-refractivity contribution in [2.45, 2.75) is 40.2 Å². The van der Waals surface area contributed by atoms with Gasteiger partial charge in [0.1, 0.15) is 5.82 Å². The van der Waals surface area contributed by atoms with E-state index in [4.69, 9.17) is 12.2 Å². The Labute approximate surface area is 138 Å². The maximum atomic E-state index is 5.43. The molecule has 0 aliphatic rings. The van der Waals surface area contributed by atoms with Crippen LogP contribution in [0.5, 0.6) is 0 Å². The molecule has 4 heteroatoms. The van der Waals surface area contributed by atoms with E-state index in [0.29, 0.717) is 5.11 Å². The third-order valence-corrected chi connectivity index (χ3v) is 3.86. The van der Waals surface area contributed by atoms with E-state index in [1.165, 1.54) is 16.7 Å². The number of benzene rings is 1. The summed E-state index contributed by atoms with van der Waals surface area (Å²) in [6.07, 6.45) is 0.965. The van der Waals surface area contributed by atoms with Crippen molar-refractivity contribution in [3.63, 3.8) is 0 Å². The van der Waals surface area contributed by atoms with Crippen LogP contribution in [0.2, 0.25) is 0 Å². The summed E-state index contributed by atoms with van der Waals surface area (Å²) >= 11 is 5.43. The average molecular weight is 313 g/mol. The predicted molar refractivity (Wildman–Crippen MR) is 97.3 cm³/mol. The van der Waals surface area contributed by atoms with E-state index >= 15 is 0 Å². The molecule has 0 aliphatic heterocycles. The van der Waals surface area contributed by atoms with Crippen molar-refractivity contribution in [1.82, 2.24) is 10.3 Å². The number of pyridine rings is 1. The summed E-state index contributed by atoms with van der Waals surface area (Å²) in [6, 6.07) is 12.6. The minimum Gasteiger partial charge on any atom is -0.356 e. The standard InChI is InChI=1S/C18H23N3S/c1-5-16(15-10-9-12(2)11-13(15)3)20-18(22)21-17-8-6-7-14(4)19-17/h6-11,16H,5H2,1-4H3,(H2,19,20,21,22)/t16-/m1/s1. The van der Waals surface area contributed by atoms with Crippen LogP contribution in [0.15, 0.2) is 36.4 Å². The van der Waals surface area contributed by atoms with Crippen LogP contribution in [0.3, 0.4) is 0 Å². The number of rotatable bonds is 4. The molecule has 2 aromatic rings. The molecule has 22 heavy (non-hydrogen) atoms. The topological polar surface area (TPSA) is 37.0 Å². The maximum absolute atomic E-state index is 5.43. The highest BCUT2D eigenvalue weighted by molar-refractivity contribution is 7.80. The zero-order chi connectivity index (χ0) is 16.1. The first-order valence-corrected chi connectivity index (χ1v) is 7.98. The molecule has 116 valence electrons. The largest absolute Gasteiger partial charge is 0.356 e. The Kier molecular flexibility index (Phi) is 5.50. The third-order valence-electron chi connectivity index (χ3n) is 3.64. The quantitative estimate of drug-likeness (QED) is 0.818. The zero-order valence-corrected chi connectivity index (χ0v) is 14.4. The van der Waals surface area contributed by atoms with Crippen LogP contribution in [-0.4, -0.2) is 10.1 Å². The van der Waals surface area contributed by atoms with Crippen LogP contribution >= 0.6 is 12.2 Å². The van der Waals surface area contributed by atoms with Crippen LogP contribution in [0, 0.1) is 20.8 Å². The monoisotopic (exact) mass is 313 g/mol. The molecule has 0 aliphatic carbocycles. The molecular formula is C18H23N3S. The molecule has 1 aromatic carbocycles. The Hall–Kier alpha value is -1.94. The summed E-state index contributed by atoms with van der Waals surface area (Å²) in [5, 5.41) is 7.15. The van der Waals surface area contributed by atoms with E-state index in [1.807, 2.05) is 25.1 Å². The fourth-order valence-electron chi connectivity index (χ4n) is 2.54. The van der Waals surface area contributed by atoms with Gasteiger partial charge >= 0.3 is 0 Å². The highest BCUT2D eigenvalue weighted by Crippen LogP contribution is 2.21. The SMILES string of the molecule is CC[C@@H](NC(=S)Nc1cccc(C)n1)c1ccc(C)cc1C. The number of anilines is 1. The predicted octanol–water partition coefficient (Wildman–Crippen LogP) is 4.44. The summed E-state index contributed by atoms with van der Waals surface area (Å²) in [7, 11) is 0. The van der Waals surface area contributed by atoms with E-state index in [1.54, 1.807) is 0 Å². The Morgan fingerprint density at radius 1 is 1.18 bits per heavy atom. The highest BCUT2D eigenvalue weighted by Gasteiger charge is 2.13. The van der Waals surface area contributed by atoms with Crippen LogP contribution in [-0.2, 0) is 0 Å². The summed E-state index contributed by atoms with van der Waals surface area (Å²) in [4.78, 5) is 4.41. The van der Waals surface area contributed by atoms with Crippen molar-refractivity contribution in [2.24, 2.45) is 0 Å². The minimum absolute atomic E-state index is 0.199. The van der Waals surface area contributed by atoms with Gasteiger partial charge in [0, 0.05) is 5.69 Å². The molecule has 0 radical (unpaired) electrons. The smallest absolute Gasteiger partial charge is 0.172 e. The lowest BCUT2D eigenvalue weighted by Gasteiger charge is -2.22. The molecule has 0 amide bonds. The Balaban J connectivity index is 2.08. The third kappa shape index (κ3) is 4.28. The second-order valence-corrected chi connectivity index (χ2v) is 5.99. The molecule has 0 fully saturated rings. The van der Waals surface area contributed by atoms with E-state index in [-0.39, 0.29) is 6.04 Å². The number of hydrogen-bond donors (Lipinski definition) is 2. The number of thiocarbonyl (C=S) groups is 1. The van der Waals surface area contributed by atoms with Crippen molar-refractivity contribution < 1.29 is 0 Å². The summed E-state index contributed by atoms with van der Waals surface area (Å²) in [5.74, 6) is 0.771. The van der Waals surface area contributed by atoms with Crippen molar-refractivity contribution in [3.05, 3.63) is 58.8 Å². The first kappa shape index (κ1) is 16.4. The van der Waals surface area contributed by atoms with Crippen molar-refractivity contribution in [3.8, 4) is 0 Å². The zero-order valence-electron chi connectivity index (χ0n) is 13.6. The van der Waals surface area contributed by atoms with Gasteiger partial charge in [-0.1, -0.05) is 36.8 Å². The van der Waals surface area contributed by atoms with Crippen molar-refractivity contribution in [1.29, 1.82) is 0 Å². The Morgan fingerprint density at radius 2 is 1.95 bits per heavy atom. The van der Waals surface area contributed by atoms with Crippen molar-refractivity contribution in [2.75, 3.05) is 5.32 Å². The lowest BCUT2D eigenvalue weighted by atomic mass is 9.98. The molecule has 0 unspecified atom stereocenters. The van der Waals surface area contributed by atoms with Gasteiger partial charge in [0.2, 0.25) is 0 Å². The molecule has 0 bridgehead atoms. The summed E-state index contributed by atoms with van der Waals surface area (Å²) in [6.45, 7) is 8.38. The summed E-state index contributed by atoms with van der Waals surface area (Å²) in [5.41, 5.74) is 4.82. The van der Waals surface area contributed by atoms with E-state index in [9.17, 15) is 0 Å². The van der Waals surface area contributed by atoms with E-state index in [0.717, 1.165) is 17.9 Å². The van der Waals surface area contributed by atoms with Gasteiger partial charge in [-0.3, -0.25) is 0 Å². The lowest BCUT2D eigenvalue weighted by Crippen LogP contribution is -2.32. The van der Waals surface area contributed by atoms with Crippen LogP contribution in [0.25, 0.3) is 0 Å². The highest BCUT2D eigenvalue weighted by atomic mass is 32.1. The van der Waals surface area contributed by atoms with Gasteiger partial charge in [-0.05, 0) is 62.7 Å². The molecule has 0 spiro atoms. The number of hydrogen-bond acceptors (Lipinski definition) is 2. The van der Waals surface area contributed by atoms with E-state index < -0.39 is 0 Å². The fraction of sp³-hybridized carbons (Fsp3) is 0.333. The van der Waals surface area contributed by atoms with Gasteiger partial charge in [0.15, 0.2) is 5.11 Å². The lowest BCUT2D eigenvalue weighted by molar-refractivity contribution is 0.625.